The lowest BCUT2D eigenvalue weighted by molar-refractivity contribution is 0.0743. The van der Waals surface area contributed by atoms with Crippen molar-refractivity contribution in [2.24, 2.45) is 0 Å². The second-order valence-corrected chi connectivity index (χ2v) is 6.64. The van der Waals surface area contributed by atoms with Crippen LogP contribution in [-0.4, -0.2) is 51.2 Å². The van der Waals surface area contributed by atoms with Crippen LogP contribution in [0.5, 0.6) is 11.5 Å². The van der Waals surface area contributed by atoms with Gasteiger partial charge in [-0.2, -0.15) is 0 Å². The van der Waals surface area contributed by atoms with Crippen molar-refractivity contribution in [2.75, 3.05) is 45.3 Å². The van der Waals surface area contributed by atoms with Gasteiger partial charge in [0.05, 0.1) is 19.8 Å². The molecule has 5 heteroatoms. The molecule has 1 aliphatic heterocycles. The number of ether oxygens (including phenoxy) is 2. The monoisotopic (exact) mass is 354 g/mol. The van der Waals surface area contributed by atoms with E-state index in [4.69, 9.17) is 9.47 Å². The molecule has 0 saturated carbocycles. The van der Waals surface area contributed by atoms with Gasteiger partial charge in [0, 0.05) is 37.9 Å². The number of nitrogens with zero attached hydrogens (tertiary/aromatic N) is 2. The van der Waals surface area contributed by atoms with E-state index in [0.717, 1.165) is 13.1 Å². The Morgan fingerprint density at radius 1 is 0.923 bits per heavy atom. The Morgan fingerprint density at radius 3 is 2.31 bits per heavy atom. The number of anilines is 1. The molecule has 0 aromatic heterocycles. The van der Waals surface area contributed by atoms with Crippen molar-refractivity contribution in [1.29, 1.82) is 0 Å². The first-order chi connectivity index (χ1) is 12.5. The molecular formula is C21H26N2O3. The number of piperazine rings is 1. The fourth-order valence-electron chi connectivity index (χ4n) is 3.36. The van der Waals surface area contributed by atoms with Gasteiger partial charge in [-0.3, -0.25) is 4.79 Å². The van der Waals surface area contributed by atoms with E-state index in [1.54, 1.807) is 32.4 Å². The van der Waals surface area contributed by atoms with Crippen molar-refractivity contribution in [3.63, 3.8) is 0 Å². The maximum Gasteiger partial charge on any atom is 0.257 e. The van der Waals surface area contributed by atoms with Crippen LogP contribution in [0, 0.1) is 13.8 Å². The van der Waals surface area contributed by atoms with Gasteiger partial charge in [0.1, 0.15) is 11.5 Å². The highest BCUT2D eigenvalue weighted by atomic mass is 16.5. The lowest BCUT2D eigenvalue weighted by Crippen LogP contribution is -2.49. The smallest absolute Gasteiger partial charge is 0.257 e. The Hall–Kier alpha value is -2.69. The van der Waals surface area contributed by atoms with Crippen molar-refractivity contribution < 1.29 is 14.3 Å². The predicted octanol–water partition coefficient (Wildman–Crippen LogP) is 3.28. The van der Waals surface area contributed by atoms with Gasteiger partial charge in [-0.1, -0.05) is 12.1 Å². The van der Waals surface area contributed by atoms with Gasteiger partial charge in [0.25, 0.3) is 5.91 Å². The van der Waals surface area contributed by atoms with Crippen LogP contribution in [0.25, 0.3) is 0 Å². The van der Waals surface area contributed by atoms with Gasteiger partial charge >= 0.3 is 0 Å². The molecule has 0 unspecified atom stereocenters. The summed E-state index contributed by atoms with van der Waals surface area (Å²) in [6, 6.07) is 11.8. The predicted molar refractivity (Wildman–Crippen MR) is 104 cm³/mol. The first kappa shape index (κ1) is 18.1. The summed E-state index contributed by atoms with van der Waals surface area (Å²) in [6.07, 6.45) is 0. The number of amides is 1. The van der Waals surface area contributed by atoms with Gasteiger partial charge in [-0.25, -0.2) is 0 Å². The molecule has 1 saturated heterocycles. The molecule has 0 aliphatic carbocycles. The number of methoxy groups -OCH3 is 2. The highest BCUT2D eigenvalue weighted by Gasteiger charge is 2.25. The van der Waals surface area contributed by atoms with Gasteiger partial charge in [0.15, 0.2) is 0 Å². The molecule has 2 aromatic carbocycles. The summed E-state index contributed by atoms with van der Waals surface area (Å²) in [4.78, 5) is 17.2. The summed E-state index contributed by atoms with van der Waals surface area (Å²) < 4.78 is 10.6. The van der Waals surface area contributed by atoms with Gasteiger partial charge in [-0.15, -0.1) is 0 Å². The number of carbonyl (C=O) groups excluding carboxylic acids is 1. The summed E-state index contributed by atoms with van der Waals surface area (Å²) in [5, 5.41) is 0. The lowest BCUT2D eigenvalue weighted by Gasteiger charge is -2.37. The Kier molecular flexibility index (Phi) is 5.35. The maximum atomic E-state index is 12.9. The van der Waals surface area contributed by atoms with Crippen LogP contribution >= 0.6 is 0 Å². The quantitative estimate of drug-likeness (QED) is 0.845. The number of rotatable bonds is 4. The van der Waals surface area contributed by atoms with Crippen LogP contribution in [0.3, 0.4) is 0 Å². The number of hydrogen-bond donors (Lipinski definition) is 0. The molecule has 1 amide bonds. The van der Waals surface area contributed by atoms with Crippen molar-refractivity contribution in [3.8, 4) is 11.5 Å². The second kappa shape index (κ2) is 7.68. The van der Waals surface area contributed by atoms with E-state index in [-0.39, 0.29) is 5.91 Å². The maximum absolute atomic E-state index is 12.9. The Bertz CT molecular complexity index is 796. The summed E-state index contributed by atoms with van der Waals surface area (Å²) in [5.74, 6) is 1.23. The third kappa shape index (κ3) is 3.62. The summed E-state index contributed by atoms with van der Waals surface area (Å²) in [6.45, 7) is 7.29. The van der Waals surface area contributed by atoms with E-state index < -0.39 is 0 Å². The molecule has 2 aromatic rings. The molecule has 0 bridgehead atoms. The third-order valence-corrected chi connectivity index (χ3v) is 4.91. The van der Waals surface area contributed by atoms with Crippen molar-refractivity contribution in [3.05, 3.63) is 53.1 Å². The molecule has 26 heavy (non-hydrogen) atoms. The van der Waals surface area contributed by atoms with Crippen LogP contribution in [0.1, 0.15) is 21.5 Å². The molecule has 1 aliphatic rings. The number of benzene rings is 2. The van der Waals surface area contributed by atoms with E-state index >= 15 is 0 Å². The van der Waals surface area contributed by atoms with Crippen molar-refractivity contribution in [1.82, 2.24) is 4.90 Å². The Balaban J connectivity index is 1.72. The van der Waals surface area contributed by atoms with Crippen LogP contribution in [0.2, 0.25) is 0 Å². The van der Waals surface area contributed by atoms with Gasteiger partial charge in [-0.05, 0) is 43.2 Å². The number of carbonyl (C=O) groups is 1. The summed E-state index contributed by atoms with van der Waals surface area (Å²) in [5.41, 5.74) is 4.37. The summed E-state index contributed by atoms with van der Waals surface area (Å²) >= 11 is 0. The zero-order valence-corrected chi connectivity index (χ0v) is 15.9. The Labute approximate surface area is 155 Å². The zero-order chi connectivity index (χ0) is 18.7. The second-order valence-electron chi connectivity index (χ2n) is 6.64. The molecule has 3 rings (SSSR count). The molecule has 1 fully saturated rings. The SMILES string of the molecule is COc1ccc(C(=O)N2CCN(c3cc(C)ccc3C)CC2)c(OC)c1. The normalized spacial score (nSPS) is 14.3. The average Bonchev–Trinajstić information content (AvgIpc) is 2.69. The molecule has 0 radical (unpaired) electrons. The first-order valence-electron chi connectivity index (χ1n) is 8.87. The lowest BCUT2D eigenvalue weighted by atomic mass is 10.1. The van der Waals surface area contributed by atoms with E-state index in [9.17, 15) is 4.79 Å². The minimum Gasteiger partial charge on any atom is -0.497 e. The highest BCUT2D eigenvalue weighted by molar-refractivity contribution is 5.97. The molecule has 5 nitrogen and oxygen atoms in total. The first-order valence-corrected chi connectivity index (χ1v) is 8.87. The van der Waals surface area contributed by atoms with Crippen molar-refractivity contribution >= 4 is 11.6 Å². The highest BCUT2D eigenvalue weighted by Crippen LogP contribution is 2.27. The molecule has 138 valence electrons. The van der Waals surface area contributed by atoms with Crippen LogP contribution in [0.15, 0.2) is 36.4 Å². The molecular weight excluding hydrogens is 328 g/mol. The van der Waals surface area contributed by atoms with Gasteiger partial charge < -0.3 is 19.3 Å². The average molecular weight is 354 g/mol. The number of aryl methyl sites for hydroxylation is 2. The largest absolute Gasteiger partial charge is 0.497 e. The third-order valence-electron chi connectivity index (χ3n) is 4.91. The molecule has 0 atom stereocenters. The van der Waals surface area contributed by atoms with E-state index in [1.807, 2.05) is 4.90 Å². The van der Waals surface area contributed by atoms with E-state index in [2.05, 4.69) is 36.9 Å². The van der Waals surface area contributed by atoms with E-state index in [0.29, 0.717) is 30.2 Å². The molecule has 1 heterocycles. The van der Waals surface area contributed by atoms with Crippen LogP contribution in [0.4, 0.5) is 5.69 Å². The molecule has 0 spiro atoms. The number of hydrogen-bond acceptors (Lipinski definition) is 4. The molecule has 0 N–H and O–H groups in total. The van der Waals surface area contributed by atoms with Crippen LogP contribution < -0.4 is 14.4 Å². The topological polar surface area (TPSA) is 42.0 Å². The fraction of sp³-hybridized carbons (Fsp3) is 0.381. The minimum atomic E-state index is 0.00474. The van der Waals surface area contributed by atoms with Crippen LogP contribution in [-0.2, 0) is 0 Å². The summed E-state index contributed by atoms with van der Waals surface area (Å²) in [7, 11) is 3.17. The zero-order valence-electron chi connectivity index (χ0n) is 15.9. The fourth-order valence-corrected chi connectivity index (χ4v) is 3.36. The minimum absolute atomic E-state index is 0.00474. The standard InChI is InChI=1S/C21H26N2O3/c1-15-5-6-16(2)19(13-15)22-9-11-23(12-10-22)21(24)18-8-7-17(25-3)14-20(18)26-4/h5-8,13-14H,9-12H2,1-4H3. The van der Waals surface area contributed by atoms with Crippen molar-refractivity contribution in [2.45, 2.75) is 13.8 Å². The van der Waals surface area contributed by atoms with E-state index in [1.165, 1.54) is 16.8 Å². The Morgan fingerprint density at radius 2 is 1.65 bits per heavy atom. The van der Waals surface area contributed by atoms with Gasteiger partial charge in [0.2, 0.25) is 0 Å².